The molecule has 1 heterocycles. The van der Waals surface area contributed by atoms with Crippen LogP contribution in [0.25, 0.3) is 11.3 Å². The molecule has 0 atom stereocenters. The van der Waals surface area contributed by atoms with Crippen molar-refractivity contribution in [2.45, 2.75) is 98.8 Å². The minimum Gasteiger partial charge on any atom is -0.463 e. The molecular formula is C39H46N2O. The van der Waals surface area contributed by atoms with Crippen molar-refractivity contribution in [2.75, 3.05) is 0 Å². The number of furan rings is 1. The number of benzene rings is 3. The second-order valence-electron chi connectivity index (χ2n) is 13.2. The number of hydrogen-bond acceptors (Lipinski definition) is 3. The van der Waals surface area contributed by atoms with Crippen LogP contribution in [-0.4, -0.2) is 11.4 Å². The maximum atomic E-state index is 6.38. The summed E-state index contributed by atoms with van der Waals surface area (Å²) in [5.41, 5.74) is 13.4. The fourth-order valence-electron chi connectivity index (χ4n) is 6.10. The first-order valence-electron chi connectivity index (χ1n) is 15.7. The third-order valence-electron chi connectivity index (χ3n) is 8.46. The van der Waals surface area contributed by atoms with E-state index in [2.05, 4.69) is 130 Å². The third kappa shape index (κ3) is 5.30. The van der Waals surface area contributed by atoms with Crippen molar-refractivity contribution < 1.29 is 4.42 Å². The van der Waals surface area contributed by atoms with E-state index in [1.54, 1.807) is 0 Å². The molecule has 0 N–H and O–H groups in total. The molecule has 1 aliphatic rings. The first-order chi connectivity index (χ1) is 20.0. The average molecular weight is 559 g/mol. The zero-order valence-corrected chi connectivity index (χ0v) is 27.0. The standard InChI is InChI=1S/C39H46N2O/c1-22(2)27-17-13-18-28(23(3)4)35(27)40-37-31-15-11-12-16-32(31)39-34(33(21-42-39)26(9)10)38(37)41-36-29(24(5)6)19-14-20-30(36)25(7)8/h11-26H,1-10H3. The molecule has 3 heteroatoms. The Hall–Kier alpha value is -3.72. The lowest BCUT2D eigenvalue weighted by Gasteiger charge is -2.25. The number of fused-ring (bicyclic) bond motifs is 3. The Bertz CT molecular complexity index is 1610. The van der Waals surface area contributed by atoms with Crippen LogP contribution in [0.15, 0.2) is 81.3 Å². The van der Waals surface area contributed by atoms with Gasteiger partial charge in [-0.05, 0) is 51.8 Å². The van der Waals surface area contributed by atoms with Gasteiger partial charge in [-0.2, -0.15) is 0 Å². The van der Waals surface area contributed by atoms with Crippen LogP contribution in [-0.2, 0) is 0 Å². The van der Waals surface area contributed by atoms with Crippen LogP contribution in [0.3, 0.4) is 0 Å². The zero-order valence-electron chi connectivity index (χ0n) is 27.0. The van der Waals surface area contributed by atoms with E-state index in [1.807, 2.05) is 6.26 Å². The molecule has 0 unspecified atom stereocenters. The average Bonchev–Trinajstić information content (AvgIpc) is 3.40. The lowest BCUT2D eigenvalue weighted by atomic mass is 9.83. The summed E-state index contributed by atoms with van der Waals surface area (Å²) in [6.07, 6.45) is 1.93. The number of hydrogen-bond donors (Lipinski definition) is 0. The molecule has 3 aromatic carbocycles. The Kier molecular flexibility index (Phi) is 8.42. The molecule has 218 valence electrons. The highest BCUT2D eigenvalue weighted by Crippen LogP contribution is 2.44. The molecule has 0 fully saturated rings. The Morgan fingerprint density at radius 3 is 1.29 bits per heavy atom. The summed E-state index contributed by atoms with van der Waals surface area (Å²) in [6.45, 7) is 22.5. The molecule has 42 heavy (non-hydrogen) atoms. The van der Waals surface area contributed by atoms with Gasteiger partial charge in [0.25, 0.3) is 0 Å². The topological polar surface area (TPSA) is 37.9 Å². The maximum absolute atomic E-state index is 6.38. The van der Waals surface area contributed by atoms with E-state index in [-0.39, 0.29) is 5.92 Å². The summed E-state index contributed by atoms with van der Waals surface area (Å²) in [5.74, 6) is 2.51. The maximum Gasteiger partial charge on any atom is 0.144 e. The second kappa shape index (κ2) is 11.9. The van der Waals surface area contributed by atoms with Crippen molar-refractivity contribution in [2.24, 2.45) is 9.98 Å². The molecule has 4 aromatic rings. The summed E-state index contributed by atoms with van der Waals surface area (Å²) < 4.78 is 6.38. The Morgan fingerprint density at radius 2 is 0.857 bits per heavy atom. The quantitative estimate of drug-likeness (QED) is 0.222. The molecule has 0 amide bonds. The lowest BCUT2D eigenvalue weighted by molar-refractivity contribution is 0.575. The van der Waals surface area contributed by atoms with Gasteiger partial charge in [-0.3, -0.25) is 0 Å². The molecule has 0 saturated heterocycles. The van der Waals surface area contributed by atoms with Crippen LogP contribution in [0.2, 0.25) is 0 Å². The number of aliphatic imine (C=N–C) groups is 2. The largest absolute Gasteiger partial charge is 0.463 e. The van der Waals surface area contributed by atoms with E-state index in [4.69, 9.17) is 14.4 Å². The van der Waals surface area contributed by atoms with Crippen LogP contribution in [0.5, 0.6) is 0 Å². The van der Waals surface area contributed by atoms with E-state index in [9.17, 15) is 0 Å². The summed E-state index contributed by atoms with van der Waals surface area (Å²) in [4.78, 5) is 11.3. The summed E-state index contributed by atoms with van der Waals surface area (Å²) >= 11 is 0. The van der Waals surface area contributed by atoms with Crippen molar-refractivity contribution in [1.29, 1.82) is 0 Å². The normalized spacial score (nSPS) is 15.1. The first kappa shape index (κ1) is 29.8. The van der Waals surface area contributed by atoms with E-state index in [1.165, 1.54) is 27.8 Å². The van der Waals surface area contributed by atoms with Gasteiger partial charge in [0, 0.05) is 16.7 Å². The Morgan fingerprint density at radius 1 is 0.452 bits per heavy atom. The fourth-order valence-corrected chi connectivity index (χ4v) is 6.10. The van der Waals surface area contributed by atoms with E-state index in [0.29, 0.717) is 23.7 Å². The van der Waals surface area contributed by atoms with E-state index in [0.717, 1.165) is 45.2 Å². The van der Waals surface area contributed by atoms with Crippen molar-refractivity contribution in [3.8, 4) is 11.3 Å². The minimum atomic E-state index is 0.272. The van der Waals surface area contributed by atoms with Crippen molar-refractivity contribution in [1.82, 2.24) is 0 Å². The van der Waals surface area contributed by atoms with Crippen molar-refractivity contribution in [3.63, 3.8) is 0 Å². The Labute approximate surface area is 252 Å². The van der Waals surface area contributed by atoms with E-state index >= 15 is 0 Å². The highest BCUT2D eigenvalue weighted by molar-refractivity contribution is 6.57. The van der Waals surface area contributed by atoms with Gasteiger partial charge in [-0.1, -0.05) is 130 Å². The monoisotopic (exact) mass is 558 g/mol. The van der Waals surface area contributed by atoms with Gasteiger partial charge < -0.3 is 4.42 Å². The predicted molar refractivity (Wildman–Crippen MR) is 180 cm³/mol. The molecule has 0 saturated carbocycles. The van der Waals surface area contributed by atoms with Gasteiger partial charge in [0.15, 0.2) is 0 Å². The van der Waals surface area contributed by atoms with Crippen LogP contribution in [0.1, 0.15) is 138 Å². The van der Waals surface area contributed by atoms with Crippen LogP contribution >= 0.6 is 0 Å². The first-order valence-corrected chi connectivity index (χ1v) is 15.7. The molecule has 1 aliphatic carbocycles. The molecular weight excluding hydrogens is 512 g/mol. The molecule has 0 bridgehead atoms. The second-order valence-corrected chi connectivity index (χ2v) is 13.2. The van der Waals surface area contributed by atoms with E-state index < -0.39 is 0 Å². The Balaban J connectivity index is 1.96. The van der Waals surface area contributed by atoms with Crippen LogP contribution < -0.4 is 0 Å². The van der Waals surface area contributed by atoms with Crippen molar-refractivity contribution in [3.05, 3.63) is 106 Å². The van der Waals surface area contributed by atoms with Gasteiger partial charge in [-0.25, -0.2) is 9.98 Å². The van der Waals surface area contributed by atoms with Crippen molar-refractivity contribution >= 4 is 22.8 Å². The number of rotatable bonds is 7. The van der Waals surface area contributed by atoms with Gasteiger partial charge in [0.1, 0.15) is 11.5 Å². The summed E-state index contributed by atoms with van der Waals surface area (Å²) in [5, 5.41) is 0. The molecule has 0 aliphatic heterocycles. The molecule has 0 radical (unpaired) electrons. The van der Waals surface area contributed by atoms with Gasteiger partial charge in [0.05, 0.1) is 28.9 Å². The van der Waals surface area contributed by atoms with Crippen LogP contribution in [0, 0.1) is 0 Å². The molecule has 1 aromatic heterocycles. The fraction of sp³-hybridized carbons (Fsp3) is 0.385. The predicted octanol–water partition coefficient (Wildman–Crippen LogP) is 11.8. The highest BCUT2D eigenvalue weighted by Gasteiger charge is 2.34. The smallest absolute Gasteiger partial charge is 0.144 e. The SMILES string of the molecule is CC(C)c1cccc(C(C)C)c1N=C1C(=Nc2c(C(C)C)cccc2C(C)C)c2c(C(C)C)coc2-c2ccccc21. The molecule has 5 rings (SSSR count). The molecule has 0 spiro atoms. The zero-order chi connectivity index (χ0) is 30.3. The highest BCUT2D eigenvalue weighted by atomic mass is 16.3. The third-order valence-corrected chi connectivity index (χ3v) is 8.46. The molecule has 3 nitrogen and oxygen atoms in total. The summed E-state index contributed by atoms with van der Waals surface area (Å²) in [6, 6.07) is 21.8. The number of para-hydroxylation sites is 2. The van der Waals surface area contributed by atoms with Gasteiger partial charge in [0.2, 0.25) is 0 Å². The summed E-state index contributed by atoms with van der Waals surface area (Å²) in [7, 11) is 0. The van der Waals surface area contributed by atoms with Crippen LogP contribution in [0.4, 0.5) is 11.4 Å². The minimum absolute atomic E-state index is 0.272. The van der Waals surface area contributed by atoms with Gasteiger partial charge in [-0.15, -0.1) is 0 Å². The van der Waals surface area contributed by atoms with Gasteiger partial charge >= 0.3 is 0 Å². The lowest BCUT2D eigenvalue weighted by Crippen LogP contribution is -2.24. The number of nitrogens with zero attached hydrogens (tertiary/aromatic N) is 2.